The molecule has 0 saturated carbocycles. The number of nitro groups is 2. The van der Waals surface area contributed by atoms with Gasteiger partial charge in [-0.2, -0.15) is 0 Å². The summed E-state index contributed by atoms with van der Waals surface area (Å²) in [6.07, 6.45) is 1.57. The van der Waals surface area contributed by atoms with E-state index in [1.54, 1.807) is 24.3 Å². The van der Waals surface area contributed by atoms with Gasteiger partial charge in [-0.3, -0.25) is 20.2 Å². The lowest BCUT2D eigenvalue weighted by Crippen LogP contribution is -2.02. The fourth-order valence-corrected chi connectivity index (χ4v) is 2.47. The van der Waals surface area contributed by atoms with E-state index in [1.807, 2.05) is 30.3 Å². The third-order valence-electron chi connectivity index (χ3n) is 3.76. The first kappa shape index (κ1) is 17.1. The van der Waals surface area contributed by atoms with Gasteiger partial charge in [-0.05, 0) is 29.8 Å². The van der Waals surface area contributed by atoms with Crippen molar-refractivity contribution < 1.29 is 14.3 Å². The van der Waals surface area contributed by atoms with Gasteiger partial charge in [-0.25, -0.2) is 0 Å². The fraction of sp³-hybridized carbons (Fsp3) is 0.0526. The molecule has 130 valence electrons. The summed E-state index contributed by atoms with van der Waals surface area (Å²) in [6.45, 7) is 0. The maximum absolute atomic E-state index is 11.3. The zero-order chi connectivity index (χ0) is 18.5. The molecule has 7 heteroatoms. The van der Waals surface area contributed by atoms with Crippen LogP contribution in [0.4, 0.5) is 5.69 Å². The molecule has 0 bridgehead atoms. The van der Waals surface area contributed by atoms with Crippen LogP contribution in [0.25, 0.3) is 17.4 Å². The Kier molecular flexibility index (Phi) is 4.89. The third kappa shape index (κ3) is 4.02. The summed E-state index contributed by atoms with van der Waals surface area (Å²) in [5.41, 5.74) is 1.48. The number of non-ortho nitro benzene ring substituents is 1. The summed E-state index contributed by atoms with van der Waals surface area (Å²) in [5, 5.41) is 22.0. The van der Waals surface area contributed by atoms with Crippen molar-refractivity contribution in [1.82, 2.24) is 0 Å². The van der Waals surface area contributed by atoms with Crippen molar-refractivity contribution >= 4 is 11.8 Å². The van der Waals surface area contributed by atoms with E-state index in [2.05, 4.69) is 0 Å². The summed E-state index contributed by atoms with van der Waals surface area (Å²) < 4.78 is 5.64. The lowest BCUT2D eigenvalue weighted by Gasteiger charge is -1.99. The van der Waals surface area contributed by atoms with Crippen LogP contribution in [0.3, 0.4) is 0 Å². The Bertz CT molecular complexity index is 959. The molecule has 1 aromatic heterocycles. The second-order valence-electron chi connectivity index (χ2n) is 5.56. The fourth-order valence-electron chi connectivity index (χ4n) is 2.47. The minimum Gasteiger partial charge on any atom is -0.456 e. The number of furan rings is 1. The highest BCUT2D eigenvalue weighted by atomic mass is 16.6. The molecule has 0 aliphatic rings. The first-order valence-electron chi connectivity index (χ1n) is 7.76. The van der Waals surface area contributed by atoms with Crippen LogP contribution < -0.4 is 0 Å². The average molecular weight is 350 g/mol. The van der Waals surface area contributed by atoms with Gasteiger partial charge in [0.2, 0.25) is 0 Å². The molecule has 26 heavy (non-hydrogen) atoms. The highest BCUT2D eigenvalue weighted by Crippen LogP contribution is 2.26. The van der Waals surface area contributed by atoms with Gasteiger partial charge in [0.05, 0.1) is 22.3 Å². The minimum atomic E-state index is -0.479. The van der Waals surface area contributed by atoms with Crippen LogP contribution in [0, 0.1) is 20.2 Å². The van der Waals surface area contributed by atoms with Crippen LogP contribution in [-0.2, 0) is 6.42 Å². The monoisotopic (exact) mass is 350 g/mol. The number of benzene rings is 2. The molecule has 0 saturated heterocycles. The molecule has 0 amide bonds. The van der Waals surface area contributed by atoms with Crippen LogP contribution in [0.2, 0.25) is 0 Å². The Labute approximate surface area is 148 Å². The average Bonchev–Trinajstić information content (AvgIpc) is 3.10. The summed E-state index contributed by atoms with van der Waals surface area (Å²) in [7, 11) is 0. The first-order chi connectivity index (χ1) is 12.5. The lowest BCUT2D eigenvalue weighted by atomic mass is 10.1. The number of nitro benzene ring substituents is 1. The smallest absolute Gasteiger partial charge is 0.269 e. The van der Waals surface area contributed by atoms with Crippen LogP contribution >= 0.6 is 0 Å². The second kappa shape index (κ2) is 7.43. The van der Waals surface area contributed by atoms with E-state index in [9.17, 15) is 20.2 Å². The molecule has 0 fully saturated rings. The molecule has 3 rings (SSSR count). The molecule has 0 radical (unpaired) electrons. The molecule has 0 unspecified atom stereocenters. The predicted molar refractivity (Wildman–Crippen MR) is 95.9 cm³/mol. The first-order valence-corrected chi connectivity index (χ1v) is 7.76. The zero-order valence-corrected chi connectivity index (χ0v) is 13.6. The summed E-state index contributed by atoms with van der Waals surface area (Å²) >= 11 is 0. The second-order valence-corrected chi connectivity index (χ2v) is 5.56. The Morgan fingerprint density at radius 1 is 0.923 bits per heavy atom. The Morgan fingerprint density at radius 2 is 1.62 bits per heavy atom. The maximum Gasteiger partial charge on any atom is 0.269 e. The van der Waals surface area contributed by atoms with Crippen LogP contribution in [0.5, 0.6) is 0 Å². The van der Waals surface area contributed by atoms with Crippen molar-refractivity contribution in [2.24, 2.45) is 0 Å². The quantitative estimate of drug-likeness (QED) is 0.473. The Balaban J connectivity index is 1.84. The van der Waals surface area contributed by atoms with Crippen molar-refractivity contribution in [3.63, 3.8) is 0 Å². The normalized spacial score (nSPS) is 11.3. The molecule has 1 heterocycles. The number of hydrogen-bond acceptors (Lipinski definition) is 5. The topological polar surface area (TPSA) is 99.4 Å². The molecule has 0 aliphatic carbocycles. The standard InChI is InChI=1S/C19H14N2O5/c22-20(23)16-8-6-15(7-9-16)19-11-10-18(26-19)13-17(21(24)25)12-14-4-2-1-3-5-14/h1-11,13H,12H2/b17-13+. The zero-order valence-electron chi connectivity index (χ0n) is 13.6. The van der Waals surface area contributed by atoms with E-state index in [4.69, 9.17) is 4.42 Å². The van der Waals surface area contributed by atoms with E-state index in [0.717, 1.165) is 5.56 Å². The van der Waals surface area contributed by atoms with Gasteiger partial charge in [0, 0.05) is 17.7 Å². The third-order valence-corrected chi connectivity index (χ3v) is 3.76. The number of hydrogen-bond donors (Lipinski definition) is 0. The molecule has 0 atom stereocenters. The van der Waals surface area contributed by atoms with Gasteiger partial charge in [0.1, 0.15) is 11.5 Å². The van der Waals surface area contributed by atoms with Gasteiger partial charge in [0.15, 0.2) is 0 Å². The molecule has 0 N–H and O–H groups in total. The van der Waals surface area contributed by atoms with Gasteiger partial charge < -0.3 is 4.42 Å². The van der Waals surface area contributed by atoms with Crippen molar-refractivity contribution in [2.45, 2.75) is 6.42 Å². The molecule has 0 spiro atoms. The Hall–Kier alpha value is -3.74. The van der Waals surface area contributed by atoms with Crippen LogP contribution in [0.15, 0.2) is 76.8 Å². The summed E-state index contributed by atoms with van der Waals surface area (Å²) in [5.74, 6) is 0.828. The summed E-state index contributed by atoms with van der Waals surface area (Å²) in [4.78, 5) is 21.1. The SMILES string of the molecule is O=[N+]([O-])/C(=C/c1ccc(-c2ccc([N+](=O)[O-])cc2)o1)Cc1ccccc1. The maximum atomic E-state index is 11.3. The van der Waals surface area contributed by atoms with E-state index < -0.39 is 9.85 Å². The van der Waals surface area contributed by atoms with Gasteiger partial charge >= 0.3 is 0 Å². The van der Waals surface area contributed by atoms with Crippen LogP contribution in [0.1, 0.15) is 11.3 Å². The Morgan fingerprint density at radius 3 is 2.23 bits per heavy atom. The highest BCUT2D eigenvalue weighted by molar-refractivity contribution is 5.61. The van der Waals surface area contributed by atoms with E-state index in [-0.39, 0.29) is 17.8 Å². The minimum absolute atomic E-state index is 0.0146. The largest absolute Gasteiger partial charge is 0.456 e. The van der Waals surface area contributed by atoms with E-state index >= 15 is 0 Å². The van der Waals surface area contributed by atoms with E-state index in [1.165, 1.54) is 18.2 Å². The summed E-state index contributed by atoms with van der Waals surface area (Å²) in [6, 6.07) is 18.4. The molecule has 2 aromatic carbocycles. The predicted octanol–water partition coefficient (Wildman–Crippen LogP) is 4.72. The number of rotatable bonds is 6. The van der Waals surface area contributed by atoms with Gasteiger partial charge in [0.25, 0.3) is 11.4 Å². The molecular formula is C19H14N2O5. The highest BCUT2D eigenvalue weighted by Gasteiger charge is 2.14. The molecule has 0 aliphatic heterocycles. The molecule has 3 aromatic rings. The van der Waals surface area contributed by atoms with Crippen molar-refractivity contribution in [3.8, 4) is 11.3 Å². The molecule has 7 nitrogen and oxygen atoms in total. The van der Waals surface area contributed by atoms with Crippen LogP contribution in [-0.4, -0.2) is 9.85 Å². The van der Waals surface area contributed by atoms with Crippen molar-refractivity contribution in [3.05, 3.63) is 104 Å². The van der Waals surface area contributed by atoms with E-state index in [0.29, 0.717) is 17.1 Å². The van der Waals surface area contributed by atoms with Crippen molar-refractivity contribution in [1.29, 1.82) is 0 Å². The lowest BCUT2D eigenvalue weighted by molar-refractivity contribution is -0.425. The number of nitrogens with zero attached hydrogens (tertiary/aromatic N) is 2. The molecular weight excluding hydrogens is 336 g/mol. The van der Waals surface area contributed by atoms with Gasteiger partial charge in [-0.1, -0.05) is 30.3 Å². The van der Waals surface area contributed by atoms with Gasteiger partial charge in [-0.15, -0.1) is 0 Å². The van der Waals surface area contributed by atoms with Crippen molar-refractivity contribution in [2.75, 3.05) is 0 Å². The number of allylic oxidation sites excluding steroid dienone is 1.